The second-order valence-electron chi connectivity index (χ2n) is 8.69. The second kappa shape index (κ2) is 11.1. The zero-order chi connectivity index (χ0) is 24.2. The molecule has 0 aliphatic carbocycles. The van der Waals surface area contributed by atoms with E-state index in [9.17, 15) is 13.2 Å². The molecule has 1 heterocycles. The number of nitrogens with one attached hydrogen (secondary N) is 1. The zero-order valence-corrected chi connectivity index (χ0v) is 21.1. The highest BCUT2D eigenvalue weighted by Gasteiger charge is 2.32. The van der Waals surface area contributed by atoms with E-state index in [0.29, 0.717) is 30.2 Å². The Balaban J connectivity index is 1.66. The first-order chi connectivity index (χ1) is 15.6. The number of ketones is 1. The molecule has 1 aliphatic rings. The molecule has 33 heavy (non-hydrogen) atoms. The highest BCUT2D eigenvalue weighted by atomic mass is 35.5. The third kappa shape index (κ3) is 6.62. The monoisotopic (exact) mass is 493 g/mol. The number of morpholine rings is 1. The number of sulfonamides is 1. The zero-order valence-electron chi connectivity index (χ0n) is 19.5. The van der Waals surface area contributed by atoms with Crippen molar-refractivity contribution in [2.45, 2.75) is 37.0 Å². The van der Waals surface area contributed by atoms with Crippen molar-refractivity contribution in [1.82, 2.24) is 14.5 Å². The lowest BCUT2D eigenvalue weighted by atomic mass is 10.1. The van der Waals surface area contributed by atoms with E-state index in [1.807, 2.05) is 52.2 Å². The Kier molecular flexibility index (Phi) is 8.66. The molecule has 0 bridgehead atoms. The third-order valence-electron chi connectivity index (χ3n) is 5.68. The Morgan fingerprint density at radius 1 is 1.15 bits per heavy atom. The number of ether oxygens (including phenoxy) is 1. The second-order valence-corrected chi connectivity index (χ2v) is 11.1. The number of halogens is 1. The number of rotatable bonds is 9. The minimum absolute atomic E-state index is 0.0621. The van der Waals surface area contributed by atoms with Gasteiger partial charge in [0, 0.05) is 36.3 Å². The molecular weight excluding hydrogens is 462 g/mol. The van der Waals surface area contributed by atoms with Gasteiger partial charge in [-0.3, -0.25) is 4.79 Å². The Labute approximate surface area is 201 Å². The van der Waals surface area contributed by atoms with Crippen LogP contribution in [0.1, 0.15) is 35.8 Å². The number of hydrogen-bond acceptors (Lipinski definition) is 6. The highest BCUT2D eigenvalue weighted by molar-refractivity contribution is 7.89. The quantitative estimate of drug-likeness (QED) is 0.540. The van der Waals surface area contributed by atoms with Crippen molar-refractivity contribution in [2.24, 2.45) is 0 Å². The Hall–Kier alpha value is -1.81. The lowest BCUT2D eigenvalue weighted by Gasteiger charge is -2.34. The number of likely N-dealkylation sites (N-methyl/N-ethyl adjacent to an activating group) is 1. The number of carbonyl (C=O) groups is 1. The summed E-state index contributed by atoms with van der Waals surface area (Å²) in [4.78, 5) is 15.0. The van der Waals surface area contributed by atoms with Gasteiger partial charge in [-0.1, -0.05) is 35.9 Å². The number of benzene rings is 2. The average Bonchev–Trinajstić information content (AvgIpc) is 2.76. The molecule has 2 aromatic rings. The van der Waals surface area contributed by atoms with Crippen molar-refractivity contribution in [3.63, 3.8) is 0 Å². The predicted molar refractivity (Wildman–Crippen MR) is 130 cm³/mol. The molecule has 7 nitrogen and oxygen atoms in total. The summed E-state index contributed by atoms with van der Waals surface area (Å²) in [5.41, 5.74) is 1.46. The van der Waals surface area contributed by atoms with Gasteiger partial charge in [-0.2, -0.15) is 4.31 Å². The number of Topliss-reactive ketones (excluding diaryl/α,β-unsaturated/α-hetero) is 1. The molecule has 9 heteroatoms. The van der Waals surface area contributed by atoms with Crippen LogP contribution in [0.25, 0.3) is 0 Å². The van der Waals surface area contributed by atoms with Crippen molar-refractivity contribution in [3.05, 3.63) is 64.7 Å². The molecule has 3 atom stereocenters. The van der Waals surface area contributed by atoms with E-state index < -0.39 is 10.0 Å². The molecule has 0 radical (unpaired) electrons. The maximum absolute atomic E-state index is 13.1. The average molecular weight is 494 g/mol. The highest BCUT2D eigenvalue weighted by Crippen LogP contribution is 2.23. The Morgan fingerprint density at radius 2 is 1.79 bits per heavy atom. The Bertz CT molecular complexity index is 1050. The Morgan fingerprint density at radius 3 is 2.39 bits per heavy atom. The molecule has 1 aliphatic heterocycles. The van der Waals surface area contributed by atoms with E-state index >= 15 is 0 Å². The van der Waals surface area contributed by atoms with Gasteiger partial charge >= 0.3 is 0 Å². The fraction of sp³-hybridized carbons (Fsp3) is 0.458. The van der Waals surface area contributed by atoms with Gasteiger partial charge in [0.2, 0.25) is 10.0 Å². The summed E-state index contributed by atoms with van der Waals surface area (Å²) in [6, 6.07) is 14.0. The van der Waals surface area contributed by atoms with Crippen LogP contribution in [0.2, 0.25) is 5.02 Å². The molecule has 180 valence electrons. The molecule has 3 unspecified atom stereocenters. The van der Waals surface area contributed by atoms with E-state index in [-0.39, 0.29) is 35.5 Å². The van der Waals surface area contributed by atoms with Gasteiger partial charge < -0.3 is 15.0 Å². The fourth-order valence-corrected chi connectivity index (χ4v) is 5.78. The predicted octanol–water partition coefficient (Wildman–Crippen LogP) is 3.21. The first kappa shape index (κ1) is 25.8. The van der Waals surface area contributed by atoms with Crippen molar-refractivity contribution in [1.29, 1.82) is 0 Å². The maximum Gasteiger partial charge on any atom is 0.243 e. The van der Waals surface area contributed by atoms with Crippen LogP contribution in [0.5, 0.6) is 0 Å². The van der Waals surface area contributed by atoms with Crippen LogP contribution in [0, 0.1) is 0 Å². The summed E-state index contributed by atoms with van der Waals surface area (Å²) in [5, 5.41) is 3.89. The molecule has 1 saturated heterocycles. The molecule has 0 spiro atoms. The molecule has 3 rings (SSSR count). The first-order valence-electron chi connectivity index (χ1n) is 11.0. The van der Waals surface area contributed by atoms with Gasteiger partial charge in [0.05, 0.1) is 23.6 Å². The van der Waals surface area contributed by atoms with Gasteiger partial charge in [0.25, 0.3) is 0 Å². The molecule has 1 fully saturated rings. The van der Waals surface area contributed by atoms with Gasteiger partial charge in [-0.15, -0.1) is 0 Å². The molecule has 0 saturated carbocycles. The lowest BCUT2D eigenvalue weighted by Crippen LogP contribution is -2.48. The van der Waals surface area contributed by atoms with Gasteiger partial charge in [-0.25, -0.2) is 8.42 Å². The summed E-state index contributed by atoms with van der Waals surface area (Å²) in [6.07, 6.45) is -0.356. The van der Waals surface area contributed by atoms with E-state index in [1.54, 1.807) is 12.1 Å². The standard InChI is InChI=1S/C24H32ClN3O4S/c1-17-15-28(16-18(2)32-17)33(30,31)22-7-5-6-20(12-22)24(29)14-26-13-23(27(3)4)19-8-10-21(25)11-9-19/h5-12,17-18,23,26H,13-16H2,1-4H3. The van der Waals surface area contributed by atoms with Gasteiger partial charge in [-0.05, 0) is 57.8 Å². The van der Waals surface area contributed by atoms with Crippen molar-refractivity contribution in [2.75, 3.05) is 40.3 Å². The van der Waals surface area contributed by atoms with Crippen LogP contribution in [-0.2, 0) is 14.8 Å². The largest absolute Gasteiger partial charge is 0.373 e. The van der Waals surface area contributed by atoms with Gasteiger partial charge in [0.15, 0.2) is 5.78 Å². The summed E-state index contributed by atoms with van der Waals surface area (Å²) in [5.74, 6) is -0.163. The van der Waals surface area contributed by atoms with E-state index in [1.165, 1.54) is 16.4 Å². The lowest BCUT2D eigenvalue weighted by molar-refractivity contribution is -0.0440. The minimum Gasteiger partial charge on any atom is -0.373 e. The molecular formula is C24H32ClN3O4S. The number of hydrogen-bond donors (Lipinski definition) is 1. The van der Waals surface area contributed by atoms with E-state index in [4.69, 9.17) is 16.3 Å². The topological polar surface area (TPSA) is 79.0 Å². The third-order valence-corrected chi connectivity index (χ3v) is 7.76. The normalized spacial score (nSPS) is 20.7. The summed E-state index contributed by atoms with van der Waals surface area (Å²) in [7, 11) is 0.248. The van der Waals surface area contributed by atoms with Gasteiger partial charge in [0.1, 0.15) is 0 Å². The van der Waals surface area contributed by atoms with Crippen molar-refractivity contribution < 1.29 is 17.9 Å². The van der Waals surface area contributed by atoms with Crippen LogP contribution in [0.4, 0.5) is 0 Å². The smallest absolute Gasteiger partial charge is 0.243 e. The van der Waals surface area contributed by atoms with Crippen LogP contribution >= 0.6 is 11.6 Å². The summed E-state index contributed by atoms with van der Waals surface area (Å²) in [6.45, 7) is 4.96. The van der Waals surface area contributed by atoms with Crippen LogP contribution in [0.15, 0.2) is 53.4 Å². The minimum atomic E-state index is -3.71. The fourth-order valence-electron chi connectivity index (χ4n) is 4.01. The first-order valence-corrected chi connectivity index (χ1v) is 12.8. The van der Waals surface area contributed by atoms with Crippen LogP contribution in [-0.4, -0.2) is 75.9 Å². The van der Waals surface area contributed by atoms with E-state index in [2.05, 4.69) is 10.2 Å². The van der Waals surface area contributed by atoms with Crippen LogP contribution in [0.3, 0.4) is 0 Å². The molecule has 0 aromatic heterocycles. The number of nitrogens with zero attached hydrogens (tertiary/aromatic N) is 2. The number of carbonyl (C=O) groups excluding carboxylic acids is 1. The van der Waals surface area contributed by atoms with Crippen LogP contribution < -0.4 is 5.32 Å². The molecule has 2 aromatic carbocycles. The van der Waals surface area contributed by atoms with Crippen molar-refractivity contribution >= 4 is 27.4 Å². The van der Waals surface area contributed by atoms with Crippen molar-refractivity contribution in [3.8, 4) is 0 Å². The SMILES string of the molecule is CC1CN(S(=O)(=O)c2cccc(C(=O)CNCC(c3ccc(Cl)cc3)N(C)C)c2)CC(C)O1. The summed E-state index contributed by atoms with van der Waals surface area (Å²) < 4.78 is 33.4. The van der Waals surface area contributed by atoms with E-state index in [0.717, 1.165) is 5.56 Å². The molecule has 1 N–H and O–H groups in total. The maximum atomic E-state index is 13.1. The summed E-state index contributed by atoms with van der Waals surface area (Å²) >= 11 is 5.99. The molecule has 0 amide bonds.